The number of nitrogens with one attached hydrogen (secondary N) is 1. The van der Waals surface area contributed by atoms with Crippen molar-refractivity contribution in [2.75, 3.05) is 0 Å². The number of carboxylic acid groups (broad SMARTS) is 1. The fourth-order valence-electron chi connectivity index (χ4n) is 1.86. The third-order valence-electron chi connectivity index (χ3n) is 2.87. The minimum absolute atomic E-state index is 0.382. The lowest BCUT2D eigenvalue weighted by Crippen LogP contribution is -2.52. The smallest absolute Gasteiger partial charge is 0.329 e. The minimum Gasteiger partial charge on any atom is -0.480 e. The summed E-state index contributed by atoms with van der Waals surface area (Å²) in [7, 11) is 1.71. The molecule has 1 amide bonds. The summed E-state index contributed by atoms with van der Waals surface area (Å²) in [6, 6.07) is 0. The number of aromatic nitrogens is 2. The molecule has 2 N–H and O–H groups in total. The summed E-state index contributed by atoms with van der Waals surface area (Å²) >= 11 is 0. The van der Waals surface area contributed by atoms with Gasteiger partial charge in [-0.3, -0.25) is 9.48 Å². The van der Waals surface area contributed by atoms with Crippen molar-refractivity contribution in [3.05, 3.63) is 17.5 Å². The molecule has 0 aliphatic heterocycles. The highest BCUT2D eigenvalue weighted by molar-refractivity contribution is 5.98. The number of rotatable bonds is 5. The highest BCUT2D eigenvalue weighted by atomic mass is 16.4. The number of nitrogens with zero attached hydrogens (tertiary/aromatic N) is 2. The van der Waals surface area contributed by atoms with Gasteiger partial charge < -0.3 is 10.4 Å². The van der Waals surface area contributed by atoms with E-state index in [1.54, 1.807) is 20.2 Å². The molecule has 0 bridgehead atoms. The number of carbonyl (C=O) groups excluding carboxylic acids is 1. The van der Waals surface area contributed by atoms with E-state index < -0.39 is 17.4 Å². The zero-order valence-corrected chi connectivity index (χ0v) is 11.1. The molecule has 1 rings (SSSR count). The van der Waals surface area contributed by atoms with Gasteiger partial charge in [-0.25, -0.2) is 4.79 Å². The number of amides is 1. The molecule has 0 aliphatic carbocycles. The van der Waals surface area contributed by atoms with Gasteiger partial charge in [0.1, 0.15) is 5.54 Å². The number of carbonyl (C=O) groups is 2. The van der Waals surface area contributed by atoms with Crippen LogP contribution in [0.2, 0.25) is 0 Å². The molecule has 0 fully saturated rings. The van der Waals surface area contributed by atoms with Crippen molar-refractivity contribution < 1.29 is 14.7 Å². The molecular formula is C12H19N3O3. The summed E-state index contributed by atoms with van der Waals surface area (Å²) in [6.45, 7) is 5.11. The lowest BCUT2D eigenvalue weighted by molar-refractivity contribution is -0.144. The maximum Gasteiger partial charge on any atom is 0.329 e. The van der Waals surface area contributed by atoms with Gasteiger partial charge >= 0.3 is 5.97 Å². The van der Waals surface area contributed by atoms with Gasteiger partial charge in [0.15, 0.2) is 0 Å². The third-order valence-corrected chi connectivity index (χ3v) is 2.87. The molecule has 18 heavy (non-hydrogen) atoms. The molecular weight excluding hydrogens is 234 g/mol. The molecule has 0 saturated carbocycles. The van der Waals surface area contributed by atoms with Crippen LogP contribution >= 0.6 is 0 Å². The summed E-state index contributed by atoms with van der Waals surface area (Å²) in [5.41, 5.74) is -0.256. The molecule has 0 radical (unpaired) electrons. The van der Waals surface area contributed by atoms with Crippen molar-refractivity contribution >= 4 is 11.9 Å². The second-order valence-corrected chi connectivity index (χ2v) is 4.64. The SMILES string of the molecule is CCCC(C)(NC(=O)c1cn(C)nc1C)C(=O)O. The van der Waals surface area contributed by atoms with Crippen molar-refractivity contribution in [2.24, 2.45) is 7.05 Å². The van der Waals surface area contributed by atoms with Crippen molar-refractivity contribution in [1.82, 2.24) is 15.1 Å². The molecule has 100 valence electrons. The van der Waals surface area contributed by atoms with Crippen LogP contribution in [-0.4, -0.2) is 32.3 Å². The van der Waals surface area contributed by atoms with Gasteiger partial charge in [0, 0.05) is 13.2 Å². The second kappa shape index (κ2) is 5.20. The zero-order chi connectivity index (χ0) is 13.9. The average Bonchev–Trinajstić information content (AvgIpc) is 2.57. The number of aliphatic carboxylic acids is 1. The average molecular weight is 253 g/mol. The summed E-state index contributed by atoms with van der Waals surface area (Å²) in [5, 5.41) is 15.8. The van der Waals surface area contributed by atoms with Gasteiger partial charge in [-0.15, -0.1) is 0 Å². The fourth-order valence-corrected chi connectivity index (χ4v) is 1.86. The van der Waals surface area contributed by atoms with E-state index in [2.05, 4.69) is 10.4 Å². The van der Waals surface area contributed by atoms with E-state index in [1.807, 2.05) is 6.92 Å². The van der Waals surface area contributed by atoms with E-state index in [0.717, 1.165) is 0 Å². The lowest BCUT2D eigenvalue weighted by atomic mass is 9.96. The normalized spacial score (nSPS) is 14.0. The van der Waals surface area contributed by atoms with Crippen LogP contribution in [-0.2, 0) is 11.8 Å². The largest absolute Gasteiger partial charge is 0.480 e. The molecule has 1 aromatic rings. The Bertz CT molecular complexity index is 467. The first-order chi connectivity index (χ1) is 8.30. The van der Waals surface area contributed by atoms with Crippen LogP contribution in [0.25, 0.3) is 0 Å². The first kappa shape index (κ1) is 14.2. The van der Waals surface area contributed by atoms with Gasteiger partial charge in [-0.2, -0.15) is 5.10 Å². The molecule has 0 saturated heterocycles. The van der Waals surface area contributed by atoms with Crippen LogP contribution < -0.4 is 5.32 Å². The van der Waals surface area contributed by atoms with E-state index in [9.17, 15) is 14.7 Å². The number of hydrogen-bond donors (Lipinski definition) is 2. The molecule has 1 atom stereocenters. The standard InChI is InChI=1S/C12H19N3O3/c1-5-6-12(3,11(17)18)13-10(16)9-7-15(4)14-8(9)2/h7H,5-6H2,1-4H3,(H,13,16)(H,17,18). The summed E-state index contributed by atoms with van der Waals surface area (Å²) in [6.07, 6.45) is 2.64. The molecule has 6 nitrogen and oxygen atoms in total. The summed E-state index contributed by atoms with van der Waals surface area (Å²) in [5.74, 6) is -1.43. The Hall–Kier alpha value is -1.85. The van der Waals surface area contributed by atoms with Crippen molar-refractivity contribution in [1.29, 1.82) is 0 Å². The van der Waals surface area contributed by atoms with Gasteiger partial charge in [-0.05, 0) is 20.3 Å². The highest BCUT2D eigenvalue weighted by Crippen LogP contribution is 2.15. The number of aryl methyl sites for hydroxylation is 2. The zero-order valence-electron chi connectivity index (χ0n) is 11.1. The quantitative estimate of drug-likeness (QED) is 0.823. The Labute approximate surface area is 106 Å². The van der Waals surface area contributed by atoms with Crippen LogP contribution in [0.3, 0.4) is 0 Å². The molecule has 6 heteroatoms. The number of hydrogen-bond acceptors (Lipinski definition) is 3. The Kier molecular flexibility index (Phi) is 4.11. The van der Waals surface area contributed by atoms with Gasteiger partial charge in [0.05, 0.1) is 11.3 Å². The first-order valence-corrected chi connectivity index (χ1v) is 5.86. The van der Waals surface area contributed by atoms with E-state index >= 15 is 0 Å². The molecule has 1 heterocycles. The van der Waals surface area contributed by atoms with Crippen LogP contribution in [0.15, 0.2) is 6.20 Å². The monoisotopic (exact) mass is 253 g/mol. The maximum atomic E-state index is 12.0. The van der Waals surface area contributed by atoms with Crippen LogP contribution in [0.1, 0.15) is 42.7 Å². The van der Waals surface area contributed by atoms with E-state index in [0.29, 0.717) is 24.1 Å². The van der Waals surface area contributed by atoms with E-state index in [4.69, 9.17) is 0 Å². The van der Waals surface area contributed by atoms with Gasteiger partial charge in [-0.1, -0.05) is 13.3 Å². The third kappa shape index (κ3) is 2.88. The van der Waals surface area contributed by atoms with E-state index in [-0.39, 0.29) is 0 Å². The highest BCUT2D eigenvalue weighted by Gasteiger charge is 2.34. The minimum atomic E-state index is -1.24. The Morgan fingerprint density at radius 1 is 1.56 bits per heavy atom. The predicted octanol–water partition coefficient (Wildman–Crippen LogP) is 1.10. The Morgan fingerprint density at radius 2 is 2.17 bits per heavy atom. The van der Waals surface area contributed by atoms with Crippen LogP contribution in [0.5, 0.6) is 0 Å². The summed E-state index contributed by atoms with van der Waals surface area (Å²) in [4.78, 5) is 23.3. The molecule has 1 aromatic heterocycles. The lowest BCUT2D eigenvalue weighted by Gasteiger charge is -2.25. The van der Waals surface area contributed by atoms with Gasteiger partial charge in [0.2, 0.25) is 0 Å². The summed E-state index contributed by atoms with van der Waals surface area (Å²) < 4.78 is 1.53. The topological polar surface area (TPSA) is 84.2 Å². The Balaban J connectivity index is 2.92. The fraction of sp³-hybridized carbons (Fsp3) is 0.583. The molecule has 0 spiro atoms. The van der Waals surface area contributed by atoms with Crippen LogP contribution in [0.4, 0.5) is 0 Å². The van der Waals surface area contributed by atoms with Gasteiger partial charge in [0.25, 0.3) is 5.91 Å². The predicted molar refractivity (Wildman–Crippen MR) is 66.4 cm³/mol. The molecule has 1 unspecified atom stereocenters. The van der Waals surface area contributed by atoms with Crippen LogP contribution in [0, 0.1) is 6.92 Å². The van der Waals surface area contributed by atoms with Crippen molar-refractivity contribution in [2.45, 2.75) is 39.2 Å². The number of carboxylic acids is 1. The molecule has 0 aliphatic rings. The van der Waals surface area contributed by atoms with Crippen molar-refractivity contribution in [3.8, 4) is 0 Å². The first-order valence-electron chi connectivity index (χ1n) is 5.86. The van der Waals surface area contributed by atoms with E-state index in [1.165, 1.54) is 11.6 Å². The maximum absolute atomic E-state index is 12.0. The van der Waals surface area contributed by atoms with Crippen molar-refractivity contribution in [3.63, 3.8) is 0 Å². The molecule has 0 aromatic carbocycles. The Morgan fingerprint density at radius 3 is 2.56 bits per heavy atom. The second-order valence-electron chi connectivity index (χ2n) is 4.64.